The molecule has 2 aliphatic rings. The molecule has 2 N–H and O–H groups in total. The Morgan fingerprint density at radius 1 is 1.19 bits per heavy atom. The first-order valence-electron chi connectivity index (χ1n) is 10.6. The van der Waals surface area contributed by atoms with E-state index >= 15 is 0 Å². The van der Waals surface area contributed by atoms with E-state index in [0.717, 1.165) is 31.2 Å². The molecule has 31 heavy (non-hydrogen) atoms. The maximum Gasteiger partial charge on any atom is 0.286 e. The van der Waals surface area contributed by atoms with Gasteiger partial charge in [-0.05, 0) is 55.4 Å². The van der Waals surface area contributed by atoms with Gasteiger partial charge in [0.2, 0.25) is 0 Å². The number of carbonyl (C=O) groups excluding carboxylic acids is 2. The van der Waals surface area contributed by atoms with Crippen LogP contribution in [0.3, 0.4) is 0 Å². The van der Waals surface area contributed by atoms with Gasteiger partial charge in [0.15, 0.2) is 0 Å². The zero-order chi connectivity index (χ0) is 21.6. The number of hydrogen-bond acceptors (Lipinski definition) is 3. The van der Waals surface area contributed by atoms with Gasteiger partial charge in [-0.3, -0.25) is 15.0 Å². The Labute approximate surface area is 184 Å². The van der Waals surface area contributed by atoms with Gasteiger partial charge < -0.3 is 4.98 Å². The normalized spacial score (nSPS) is 23.6. The third kappa shape index (κ3) is 3.51. The van der Waals surface area contributed by atoms with Crippen LogP contribution in [-0.2, 0) is 4.79 Å². The summed E-state index contributed by atoms with van der Waals surface area (Å²) in [6.07, 6.45) is 3.81. The van der Waals surface area contributed by atoms with Gasteiger partial charge in [-0.1, -0.05) is 37.3 Å². The summed E-state index contributed by atoms with van der Waals surface area (Å²) in [5.41, 5.74) is 5.36. The quantitative estimate of drug-likeness (QED) is 0.599. The molecule has 1 spiro atoms. The Kier molecular flexibility index (Phi) is 5.01. The van der Waals surface area contributed by atoms with Crippen molar-refractivity contribution in [3.05, 3.63) is 60.0 Å². The SMILES string of the molecule is CC1CCC2(CC1)SCC(=O)N2NC(=O)c1[nH]c2ccc(F)cc2c1-c1ccccc1. The van der Waals surface area contributed by atoms with E-state index in [2.05, 4.69) is 17.3 Å². The van der Waals surface area contributed by atoms with Crippen LogP contribution in [0, 0.1) is 11.7 Å². The van der Waals surface area contributed by atoms with Crippen LogP contribution in [0.25, 0.3) is 22.0 Å². The molecule has 1 saturated heterocycles. The number of fused-ring (bicyclic) bond motifs is 1. The fourth-order valence-corrected chi connectivity index (χ4v) is 6.02. The van der Waals surface area contributed by atoms with Gasteiger partial charge in [-0.15, -0.1) is 11.8 Å². The summed E-state index contributed by atoms with van der Waals surface area (Å²) in [5.74, 6) is 0.184. The molecule has 1 saturated carbocycles. The van der Waals surface area contributed by atoms with E-state index in [-0.39, 0.29) is 22.5 Å². The van der Waals surface area contributed by atoms with Crippen LogP contribution in [-0.4, -0.2) is 32.4 Å². The summed E-state index contributed by atoms with van der Waals surface area (Å²) in [6.45, 7) is 2.23. The molecule has 1 aliphatic carbocycles. The number of amides is 2. The highest BCUT2D eigenvalue weighted by molar-refractivity contribution is 8.01. The van der Waals surface area contributed by atoms with Crippen LogP contribution in [0.2, 0.25) is 0 Å². The van der Waals surface area contributed by atoms with Crippen molar-refractivity contribution < 1.29 is 14.0 Å². The fraction of sp³-hybridized carbons (Fsp3) is 0.333. The molecule has 0 unspecified atom stereocenters. The average Bonchev–Trinajstić information content (AvgIpc) is 3.30. The van der Waals surface area contributed by atoms with Gasteiger partial charge in [-0.25, -0.2) is 9.40 Å². The third-order valence-electron chi connectivity index (χ3n) is 6.44. The number of carbonyl (C=O) groups is 2. The van der Waals surface area contributed by atoms with Crippen molar-refractivity contribution in [3.8, 4) is 11.1 Å². The van der Waals surface area contributed by atoms with E-state index in [1.54, 1.807) is 22.8 Å². The van der Waals surface area contributed by atoms with Crippen LogP contribution >= 0.6 is 11.8 Å². The number of nitrogens with one attached hydrogen (secondary N) is 2. The van der Waals surface area contributed by atoms with Gasteiger partial charge in [0.25, 0.3) is 11.8 Å². The molecule has 2 fully saturated rings. The van der Waals surface area contributed by atoms with E-state index < -0.39 is 0 Å². The van der Waals surface area contributed by atoms with Crippen molar-refractivity contribution in [2.24, 2.45) is 5.92 Å². The van der Waals surface area contributed by atoms with Crippen LogP contribution in [0.5, 0.6) is 0 Å². The molecule has 0 atom stereocenters. The predicted octanol–water partition coefficient (Wildman–Crippen LogP) is 5.10. The zero-order valence-corrected chi connectivity index (χ0v) is 18.1. The van der Waals surface area contributed by atoms with Gasteiger partial charge >= 0.3 is 0 Å². The molecule has 160 valence electrons. The highest BCUT2D eigenvalue weighted by Gasteiger charge is 2.48. The van der Waals surface area contributed by atoms with E-state index in [1.807, 2.05) is 30.3 Å². The number of rotatable bonds is 3. The first-order valence-corrected chi connectivity index (χ1v) is 11.6. The molecule has 0 bridgehead atoms. The molecule has 7 heteroatoms. The second kappa shape index (κ2) is 7.71. The molecule has 5 rings (SSSR count). The van der Waals surface area contributed by atoms with Gasteiger partial charge in [-0.2, -0.15) is 0 Å². The van der Waals surface area contributed by atoms with Crippen molar-refractivity contribution in [2.45, 2.75) is 37.5 Å². The number of hydrazine groups is 1. The smallest absolute Gasteiger partial charge is 0.286 e. The van der Waals surface area contributed by atoms with Crippen LogP contribution in [0.15, 0.2) is 48.5 Å². The number of benzene rings is 2. The Balaban J connectivity index is 1.54. The Hall–Kier alpha value is -2.80. The lowest BCUT2D eigenvalue weighted by atomic mass is 9.86. The molecule has 5 nitrogen and oxygen atoms in total. The van der Waals surface area contributed by atoms with E-state index in [4.69, 9.17) is 0 Å². The first-order chi connectivity index (χ1) is 15.0. The van der Waals surface area contributed by atoms with Gasteiger partial charge in [0.05, 0.1) is 5.75 Å². The average molecular weight is 438 g/mol. The van der Waals surface area contributed by atoms with Crippen molar-refractivity contribution in [2.75, 3.05) is 5.75 Å². The van der Waals surface area contributed by atoms with Crippen molar-refractivity contribution in [3.63, 3.8) is 0 Å². The number of aromatic nitrogens is 1. The monoisotopic (exact) mass is 437 g/mol. The maximum atomic E-state index is 14.0. The lowest BCUT2D eigenvalue weighted by Gasteiger charge is -2.41. The lowest BCUT2D eigenvalue weighted by Crippen LogP contribution is -2.55. The molecule has 1 aliphatic heterocycles. The van der Waals surface area contributed by atoms with Crippen LogP contribution < -0.4 is 5.43 Å². The first kappa shape index (κ1) is 20.1. The number of nitrogens with zero attached hydrogens (tertiary/aromatic N) is 1. The summed E-state index contributed by atoms with van der Waals surface area (Å²) in [4.78, 5) is 28.9. The fourth-order valence-electron chi connectivity index (χ4n) is 4.69. The predicted molar refractivity (Wildman–Crippen MR) is 121 cm³/mol. The lowest BCUT2D eigenvalue weighted by molar-refractivity contribution is -0.134. The molecule has 2 aromatic carbocycles. The van der Waals surface area contributed by atoms with Crippen LogP contribution in [0.4, 0.5) is 4.39 Å². The second-order valence-electron chi connectivity index (χ2n) is 8.52. The topological polar surface area (TPSA) is 65.2 Å². The molecular formula is C24H24FN3O2S. The summed E-state index contributed by atoms with van der Waals surface area (Å²) >= 11 is 1.63. The van der Waals surface area contributed by atoms with Crippen molar-refractivity contribution >= 4 is 34.5 Å². The molecule has 0 radical (unpaired) electrons. The molecule has 2 heterocycles. The Bertz CT molecular complexity index is 1150. The van der Waals surface area contributed by atoms with E-state index in [0.29, 0.717) is 33.8 Å². The second-order valence-corrected chi connectivity index (χ2v) is 9.86. The summed E-state index contributed by atoms with van der Waals surface area (Å²) in [7, 11) is 0. The summed E-state index contributed by atoms with van der Waals surface area (Å²) < 4.78 is 14.0. The summed E-state index contributed by atoms with van der Waals surface area (Å²) in [5, 5.41) is 2.20. The molecular weight excluding hydrogens is 413 g/mol. The van der Waals surface area contributed by atoms with Gasteiger partial charge in [0, 0.05) is 16.5 Å². The number of thioether (sulfide) groups is 1. The minimum atomic E-state index is -0.385. The highest BCUT2D eigenvalue weighted by Crippen LogP contribution is 2.47. The standard InChI is InChI=1S/C24H24FN3O2S/c1-15-9-11-24(12-10-15)28(20(29)14-31-24)27-23(30)22-21(16-5-3-2-4-6-16)18-13-17(25)7-8-19(18)26-22/h2-8,13,15,26H,9-12,14H2,1H3,(H,27,30). The minimum Gasteiger partial charge on any atom is -0.350 e. The van der Waals surface area contributed by atoms with Crippen LogP contribution in [0.1, 0.15) is 43.1 Å². The molecule has 3 aromatic rings. The highest BCUT2D eigenvalue weighted by atomic mass is 32.2. The Morgan fingerprint density at radius 2 is 1.94 bits per heavy atom. The van der Waals surface area contributed by atoms with Gasteiger partial charge in [0.1, 0.15) is 16.4 Å². The third-order valence-corrected chi connectivity index (χ3v) is 7.96. The minimum absolute atomic E-state index is 0.0729. The molecule has 1 aromatic heterocycles. The number of hydrogen-bond donors (Lipinski definition) is 2. The number of aromatic amines is 1. The largest absolute Gasteiger partial charge is 0.350 e. The summed E-state index contributed by atoms with van der Waals surface area (Å²) in [6, 6.07) is 13.9. The van der Waals surface area contributed by atoms with E-state index in [1.165, 1.54) is 12.1 Å². The van der Waals surface area contributed by atoms with E-state index in [9.17, 15) is 14.0 Å². The maximum absolute atomic E-state index is 14.0. The Morgan fingerprint density at radius 3 is 2.68 bits per heavy atom. The number of halogens is 1. The van der Waals surface area contributed by atoms with Crippen molar-refractivity contribution in [1.29, 1.82) is 0 Å². The molecule has 2 amide bonds. The number of H-pyrrole nitrogens is 1. The van der Waals surface area contributed by atoms with Crippen molar-refractivity contribution in [1.82, 2.24) is 15.4 Å². The zero-order valence-electron chi connectivity index (χ0n) is 17.3.